The lowest BCUT2D eigenvalue weighted by molar-refractivity contribution is 0.187. The summed E-state index contributed by atoms with van der Waals surface area (Å²) in [6.07, 6.45) is -1.55. The van der Waals surface area contributed by atoms with Crippen molar-refractivity contribution in [3.05, 3.63) is 24.3 Å². The molecule has 17 heavy (non-hydrogen) atoms. The number of carbonyl (C=O) groups is 2. The number of nitrogens with one attached hydrogen (secondary N) is 2. The number of hydrogen-bond acceptors (Lipinski definition) is 4. The lowest BCUT2D eigenvalue weighted by Crippen LogP contribution is -2.13. The van der Waals surface area contributed by atoms with Crippen molar-refractivity contribution in [2.45, 2.75) is 0 Å². The van der Waals surface area contributed by atoms with Crippen molar-refractivity contribution < 1.29 is 24.5 Å². The SMILES string of the molecule is CNC(=O)O.COC(=O)Nc1cccc(O)c1. The zero-order valence-electron chi connectivity index (χ0n) is 9.43. The van der Waals surface area contributed by atoms with Gasteiger partial charge < -0.3 is 20.3 Å². The molecule has 0 spiro atoms. The first-order valence-corrected chi connectivity index (χ1v) is 4.54. The number of hydrogen-bond donors (Lipinski definition) is 4. The second-order valence-electron chi connectivity index (χ2n) is 2.72. The van der Waals surface area contributed by atoms with Crippen molar-refractivity contribution in [1.82, 2.24) is 5.32 Å². The molecule has 0 heterocycles. The van der Waals surface area contributed by atoms with Crippen LogP contribution in [0, 0.1) is 0 Å². The van der Waals surface area contributed by atoms with Crippen LogP contribution in [0.3, 0.4) is 0 Å². The fraction of sp³-hybridized carbons (Fsp3) is 0.200. The van der Waals surface area contributed by atoms with Crippen LogP contribution in [0.25, 0.3) is 0 Å². The molecule has 7 heteroatoms. The van der Waals surface area contributed by atoms with Crippen molar-refractivity contribution in [3.8, 4) is 5.75 Å². The number of anilines is 1. The molecule has 2 amide bonds. The zero-order valence-corrected chi connectivity index (χ0v) is 9.43. The molecular formula is C10H14N2O5. The second-order valence-corrected chi connectivity index (χ2v) is 2.72. The van der Waals surface area contributed by atoms with Gasteiger partial charge in [0.1, 0.15) is 5.75 Å². The van der Waals surface area contributed by atoms with Crippen LogP contribution in [-0.2, 0) is 4.74 Å². The highest BCUT2D eigenvalue weighted by atomic mass is 16.5. The van der Waals surface area contributed by atoms with Gasteiger partial charge in [0.15, 0.2) is 0 Å². The van der Waals surface area contributed by atoms with Gasteiger partial charge in [0, 0.05) is 18.8 Å². The lowest BCUT2D eigenvalue weighted by Gasteiger charge is -2.02. The minimum atomic E-state index is -0.995. The van der Waals surface area contributed by atoms with E-state index in [4.69, 9.17) is 10.2 Å². The number of methoxy groups -OCH3 is 1. The lowest BCUT2D eigenvalue weighted by atomic mass is 10.3. The van der Waals surface area contributed by atoms with Crippen molar-refractivity contribution >= 4 is 17.9 Å². The molecule has 0 unspecified atom stereocenters. The number of ether oxygens (including phenoxy) is 1. The average Bonchev–Trinajstić information content (AvgIpc) is 2.29. The van der Waals surface area contributed by atoms with E-state index in [9.17, 15) is 9.59 Å². The van der Waals surface area contributed by atoms with Gasteiger partial charge >= 0.3 is 12.2 Å². The molecule has 4 N–H and O–H groups in total. The highest BCUT2D eigenvalue weighted by Crippen LogP contribution is 2.15. The van der Waals surface area contributed by atoms with Crippen LogP contribution in [0.15, 0.2) is 24.3 Å². The van der Waals surface area contributed by atoms with E-state index in [1.807, 2.05) is 5.32 Å². The van der Waals surface area contributed by atoms with Gasteiger partial charge in [-0.15, -0.1) is 0 Å². The third kappa shape index (κ3) is 7.48. The number of rotatable bonds is 1. The second kappa shape index (κ2) is 7.80. The van der Waals surface area contributed by atoms with Crippen molar-refractivity contribution in [3.63, 3.8) is 0 Å². The summed E-state index contributed by atoms with van der Waals surface area (Å²) in [4.78, 5) is 19.9. The van der Waals surface area contributed by atoms with Crippen LogP contribution in [0.2, 0.25) is 0 Å². The predicted octanol–water partition coefficient (Wildman–Crippen LogP) is 1.45. The summed E-state index contributed by atoms with van der Waals surface area (Å²) in [5.74, 6) is 0.101. The van der Waals surface area contributed by atoms with Crippen molar-refractivity contribution in [1.29, 1.82) is 0 Å². The number of phenolic OH excluding ortho intramolecular Hbond substituents is 1. The first kappa shape index (κ1) is 14.6. The molecule has 0 aliphatic carbocycles. The van der Waals surface area contributed by atoms with Gasteiger partial charge in [-0.1, -0.05) is 6.07 Å². The normalized spacial score (nSPS) is 8.35. The summed E-state index contributed by atoms with van der Waals surface area (Å²) in [5, 5.41) is 21.0. The predicted molar refractivity (Wildman–Crippen MR) is 61.2 cm³/mol. The first-order chi connectivity index (χ1) is 7.99. The summed E-state index contributed by atoms with van der Waals surface area (Å²) in [6, 6.07) is 6.22. The van der Waals surface area contributed by atoms with E-state index >= 15 is 0 Å². The number of phenols is 1. The van der Waals surface area contributed by atoms with Crippen molar-refractivity contribution in [2.24, 2.45) is 0 Å². The van der Waals surface area contributed by atoms with Crippen LogP contribution in [0.1, 0.15) is 0 Å². The summed E-state index contributed by atoms with van der Waals surface area (Å²) < 4.78 is 4.36. The minimum absolute atomic E-state index is 0.101. The minimum Gasteiger partial charge on any atom is -0.508 e. The maximum atomic E-state index is 10.7. The highest BCUT2D eigenvalue weighted by molar-refractivity contribution is 5.84. The number of aromatic hydroxyl groups is 1. The Morgan fingerprint density at radius 2 is 1.94 bits per heavy atom. The van der Waals surface area contributed by atoms with E-state index in [2.05, 4.69) is 10.1 Å². The van der Waals surface area contributed by atoms with Crippen LogP contribution >= 0.6 is 0 Å². The summed E-state index contributed by atoms with van der Waals surface area (Å²) >= 11 is 0. The fourth-order valence-electron chi connectivity index (χ4n) is 0.753. The number of carbonyl (C=O) groups excluding carboxylic acids is 1. The smallest absolute Gasteiger partial charge is 0.411 e. The number of carboxylic acid groups (broad SMARTS) is 1. The first-order valence-electron chi connectivity index (χ1n) is 4.54. The van der Waals surface area contributed by atoms with Crippen LogP contribution in [0.4, 0.5) is 15.3 Å². The van der Waals surface area contributed by atoms with Gasteiger partial charge in [-0.25, -0.2) is 9.59 Å². The summed E-state index contributed by atoms with van der Waals surface area (Å²) in [7, 11) is 2.63. The molecule has 0 saturated carbocycles. The Bertz CT molecular complexity index is 381. The van der Waals surface area contributed by atoms with Gasteiger partial charge in [-0.2, -0.15) is 0 Å². The molecule has 0 fully saturated rings. The molecule has 0 aliphatic rings. The molecular weight excluding hydrogens is 228 g/mol. The van der Waals surface area contributed by atoms with Gasteiger partial charge in [-0.05, 0) is 12.1 Å². The quantitative estimate of drug-likeness (QED) is 0.596. The number of benzene rings is 1. The van der Waals surface area contributed by atoms with E-state index in [1.54, 1.807) is 12.1 Å². The molecule has 0 aromatic heterocycles. The Morgan fingerprint density at radius 3 is 2.35 bits per heavy atom. The number of amides is 2. The van der Waals surface area contributed by atoms with E-state index < -0.39 is 12.2 Å². The summed E-state index contributed by atoms with van der Waals surface area (Å²) in [6.45, 7) is 0. The Labute approximate surface area is 98.0 Å². The Hall–Kier alpha value is -2.44. The third-order valence-corrected chi connectivity index (χ3v) is 1.49. The Morgan fingerprint density at radius 1 is 1.35 bits per heavy atom. The van der Waals surface area contributed by atoms with Gasteiger partial charge in [0.05, 0.1) is 7.11 Å². The van der Waals surface area contributed by atoms with Crippen LogP contribution in [0.5, 0.6) is 5.75 Å². The van der Waals surface area contributed by atoms with Crippen LogP contribution in [-0.4, -0.2) is 36.6 Å². The molecule has 1 rings (SSSR count). The molecule has 0 atom stereocenters. The molecule has 7 nitrogen and oxygen atoms in total. The third-order valence-electron chi connectivity index (χ3n) is 1.49. The van der Waals surface area contributed by atoms with Crippen molar-refractivity contribution in [2.75, 3.05) is 19.5 Å². The highest BCUT2D eigenvalue weighted by Gasteiger charge is 1.99. The monoisotopic (exact) mass is 242 g/mol. The molecule has 1 aromatic carbocycles. The van der Waals surface area contributed by atoms with Gasteiger partial charge in [-0.3, -0.25) is 5.32 Å². The Balaban J connectivity index is 0.000000437. The summed E-state index contributed by atoms with van der Waals surface area (Å²) in [5.41, 5.74) is 0.502. The topological polar surface area (TPSA) is 108 Å². The maximum absolute atomic E-state index is 10.7. The fourth-order valence-corrected chi connectivity index (χ4v) is 0.753. The molecule has 0 bridgehead atoms. The van der Waals surface area contributed by atoms with E-state index in [0.717, 1.165) is 0 Å². The largest absolute Gasteiger partial charge is 0.508 e. The zero-order chi connectivity index (χ0) is 13.3. The van der Waals surface area contributed by atoms with E-state index in [0.29, 0.717) is 5.69 Å². The standard InChI is InChI=1S/C8H9NO3.C2H5NO2/c1-12-8(11)9-6-3-2-4-7(10)5-6;1-3-2(4)5/h2-5,10H,1H3,(H,9,11);3H,1H3,(H,4,5). The molecule has 1 aromatic rings. The maximum Gasteiger partial charge on any atom is 0.411 e. The molecule has 0 aliphatic heterocycles. The van der Waals surface area contributed by atoms with E-state index in [-0.39, 0.29) is 5.75 Å². The van der Waals surface area contributed by atoms with Gasteiger partial charge in [0.25, 0.3) is 0 Å². The molecule has 94 valence electrons. The molecule has 0 radical (unpaired) electrons. The van der Waals surface area contributed by atoms with E-state index in [1.165, 1.54) is 26.3 Å². The molecule has 0 saturated heterocycles. The Kier molecular flexibility index (Phi) is 6.68. The van der Waals surface area contributed by atoms with Crippen LogP contribution < -0.4 is 10.6 Å². The van der Waals surface area contributed by atoms with Gasteiger partial charge in [0.2, 0.25) is 0 Å². The average molecular weight is 242 g/mol.